The molecule has 1 heterocycles. The Labute approximate surface area is 107 Å². The van der Waals surface area contributed by atoms with Crippen molar-refractivity contribution in [1.82, 2.24) is 5.32 Å². The van der Waals surface area contributed by atoms with Crippen LogP contribution in [0.3, 0.4) is 0 Å². The van der Waals surface area contributed by atoms with Crippen LogP contribution in [0, 0.1) is 5.41 Å². The van der Waals surface area contributed by atoms with Crippen molar-refractivity contribution in [3.63, 3.8) is 0 Å². The minimum absolute atomic E-state index is 0.0616. The van der Waals surface area contributed by atoms with Gasteiger partial charge < -0.3 is 10.4 Å². The standard InChI is InChI=1S/C11H19NO5S/c1-10(2,9(14)15)6-8(13)12-11(3)4-5-18(16,17)7-11/h4-7H2,1-3H3,(H,12,13)(H,14,15). The molecule has 1 aliphatic heterocycles. The largest absolute Gasteiger partial charge is 0.481 e. The topological polar surface area (TPSA) is 101 Å². The normalized spacial score (nSPS) is 26.8. The lowest BCUT2D eigenvalue weighted by Gasteiger charge is -2.26. The van der Waals surface area contributed by atoms with E-state index in [1.54, 1.807) is 6.92 Å². The summed E-state index contributed by atoms with van der Waals surface area (Å²) < 4.78 is 22.8. The third-order valence-corrected chi connectivity index (χ3v) is 5.03. The lowest BCUT2D eigenvalue weighted by Crippen LogP contribution is -2.48. The molecule has 1 saturated heterocycles. The van der Waals surface area contributed by atoms with Crippen molar-refractivity contribution >= 4 is 21.7 Å². The highest BCUT2D eigenvalue weighted by Gasteiger charge is 2.40. The monoisotopic (exact) mass is 277 g/mol. The highest BCUT2D eigenvalue weighted by Crippen LogP contribution is 2.25. The molecule has 1 atom stereocenters. The van der Waals surface area contributed by atoms with E-state index in [4.69, 9.17) is 5.11 Å². The molecule has 7 heteroatoms. The maximum Gasteiger partial charge on any atom is 0.309 e. The molecule has 1 fully saturated rings. The summed E-state index contributed by atoms with van der Waals surface area (Å²) in [5.74, 6) is -1.51. The van der Waals surface area contributed by atoms with E-state index in [0.717, 1.165) is 0 Å². The SMILES string of the molecule is CC1(NC(=O)CC(C)(C)C(=O)O)CCS(=O)(=O)C1. The number of hydrogen-bond donors (Lipinski definition) is 2. The molecule has 0 aromatic carbocycles. The number of hydrogen-bond acceptors (Lipinski definition) is 4. The molecule has 1 rings (SSSR count). The first-order valence-electron chi connectivity index (χ1n) is 5.71. The number of rotatable bonds is 4. The third-order valence-electron chi connectivity index (χ3n) is 3.13. The van der Waals surface area contributed by atoms with E-state index in [2.05, 4.69) is 5.32 Å². The van der Waals surface area contributed by atoms with Gasteiger partial charge in [0.05, 0.1) is 22.5 Å². The van der Waals surface area contributed by atoms with Gasteiger partial charge in [0.25, 0.3) is 0 Å². The Morgan fingerprint density at radius 2 is 1.94 bits per heavy atom. The van der Waals surface area contributed by atoms with E-state index in [1.807, 2.05) is 0 Å². The Bertz CT molecular complexity index is 468. The lowest BCUT2D eigenvalue weighted by molar-refractivity contribution is -0.149. The van der Waals surface area contributed by atoms with E-state index >= 15 is 0 Å². The van der Waals surface area contributed by atoms with Gasteiger partial charge in [-0.3, -0.25) is 9.59 Å². The number of sulfone groups is 1. The van der Waals surface area contributed by atoms with Gasteiger partial charge in [0.1, 0.15) is 0 Å². The molecule has 0 bridgehead atoms. The highest BCUT2D eigenvalue weighted by molar-refractivity contribution is 7.91. The van der Waals surface area contributed by atoms with Gasteiger partial charge in [-0.25, -0.2) is 8.42 Å². The second-order valence-corrected chi connectivity index (χ2v) is 8.00. The number of amides is 1. The molecular formula is C11H19NO5S. The summed E-state index contributed by atoms with van der Waals surface area (Å²) in [5, 5.41) is 11.6. The summed E-state index contributed by atoms with van der Waals surface area (Å²) in [7, 11) is -3.09. The maximum atomic E-state index is 11.8. The van der Waals surface area contributed by atoms with E-state index in [0.29, 0.717) is 6.42 Å². The molecule has 1 amide bonds. The van der Waals surface area contributed by atoms with Crippen molar-refractivity contribution in [2.45, 2.75) is 39.2 Å². The minimum Gasteiger partial charge on any atom is -0.481 e. The summed E-state index contributed by atoms with van der Waals surface area (Å²) >= 11 is 0. The minimum atomic E-state index is -3.09. The first-order chi connectivity index (χ1) is 7.96. The number of carboxylic acids is 1. The number of nitrogens with one attached hydrogen (secondary N) is 1. The van der Waals surface area contributed by atoms with Gasteiger partial charge in [-0.2, -0.15) is 0 Å². The predicted octanol–water partition coefficient (Wildman–Crippen LogP) is 0.181. The number of carbonyl (C=O) groups is 2. The first kappa shape index (κ1) is 14.9. The Morgan fingerprint density at radius 1 is 1.39 bits per heavy atom. The molecule has 6 nitrogen and oxygen atoms in total. The first-order valence-corrected chi connectivity index (χ1v) is 7.53. The zero-order valence-electron chi connectivity index (χ0n) is 10.8. The molecule has 104 valence electrons. The van der Waals surface area contributed by atoms with Crippen LogP contribution in [0.4, 0.5) is 0 Å². The zero-order chi connectivity index (χ0) is 14.2. The average molecular weight is 277 g/mol. The number of carboxylic acid groups (broad SMARTS) is 1. The molecule has 1 aliphatic rings. The summed E-state index contributed by atoms with van der Waals surface area (Å²) in [6, 6.07) is 0. The van der Waals surface area contributed by atoms with Crippen LogP contribution in [0.25, 0.3) is 0 Å². The van der Waals surface area contributed by atoms with Gasteiger partial charge in [0, 0.05) is 6.42 Å². The van der Waals surface area contributed by atoms with Crippen molar-refractivity contribution in [3.05, 3.63) is 0 Å². The van der Waals surface area contributed by atoms with Crippen molar-refractivity contribution in [2.75, 3.05) is 11.5 Å². The Balaban J connectivity index is 2.64. The Morgan fingerprint density at radius 3 is 2.33 bits per heavy atom. The summed E-state index contributed by atoms with van der Waals surface area (Å²) in [6.45, 7) is 4.59. The number of carbonyl (C=O) groups excluding carboxylic acids is 1. The molecule has 0 aliphatic carbocycles. The highest BCUT2D eigenvalue weighted by atomic mass is 32.2. The van der Waals surface area contributed by atoms with Crippen LogP contribution in [0.2, 0.25) is 0 Å². The molecule has 18 heavy (non-hydrogen) atoms. The lowest BCUT2D eigenvalue weighted by atomic mass is 9.88. The van der Waals surface area contributed by atoms with Gasteiger partial charge in [0.15, 0.2) is 9.84 Å². The van der Waals surface area contributed by atoms with E-state index in [-0.39, 0.29) is 17.9 Å². The average Bonchev–Trinajstić information content (AvgIpc) is 2.38. The van der Waals surface area contributed by atoms with Crippen LogP contribution in [-0.4, -0.2) is 42.4 Å². The Kier molecular flexibility index (Phi) is 3.76. The van der Waals surface area contributed by atoms with E-state index < -0.39 is 32.7 Å². The van der Waals surface area contributed by atoms with Crippen LogP contribution < -0.4 is 5.32 Å². The molecular weight excluding hydrogens is 258 g/mol. The Hall–Kier alpha value is -1.11. The van der Waals surface area contributed by atoms with Crippen LogP contribution in [-0.2, 0) is 19.4 Å². The van der Waals surface area contributed by atoms with Gasteiger partial charge in [-0.05, 0) is 27.2 Å². The van der Waals surface area contributed by atoms with Gasteiger partial charge in [-0.1, -0.05) is 0 Å². The number of aliphatic carboxylic acids is 1. The van der Waals surface area contributed by atoms with Gasteiger partial charge >= 0.3 is 5.97 Å². The third kappa shape index (κ3) is 3.69. The molecule has 0 spiro atoms. The van der Waals surface area contributed by atoms with Crippen LogP contribution in [0.1, 0.15) is 33.6 Å². The van der Waals surface area contributed by atoms with Crippen molar-refractivity contribution in [3.8, 4) is 0 Å². The van der Waals surface area contributed by atoms with Gasteiger partial charge in [0.2, 0.25) is 5.91 Å². The quantitative estimate of drug-likeness (QED) is 0.763. The van der Waals surface area contributed by atoms with Gasteiger partial charge in [-0.15, -0.1) is 0 Å². The fourth-order valence-corrected chi connectivity index (χ4v) is 4.06. The predicted molar refractivity (Wildman–Crippen MR) is 65.9 cm³/mol. The van der Waals surface area contributed by atoms with Crippen LogP contribution >= 0.6 is 0 Å². The molecule has 1 unspecified atom stereocenters. The second-order valence-electron chi connectivity index (χ2n) is 5.82. The van der Waals surface area contributed by atoms with Crippen LogP contribution in [0.5, 0.6) is 0 Å². The molecule has 0 radical (unpaired) electrons. The zero-order valence-corrected chi connectivity index (χ0v) is 11.6. The molecule has 2 N–H and O–H groups in total. The molecule has 0 aromatic heterocycles. The second kappa shape index (κ2) is 4.53. The van der Waals surface area contributed by atoms with E-state index in [1.165, 1.54) is 13.8 Å². The summed E-state index contributed by atoms with van der Waals surface area (Å²) in [5.41, 5.74) is -1.93. The van der Waals surface area contributed by atoms with Crippen molar-refractivity contribution in [2.24, 2.45) is 5.41 Å². The van der Waals surface area contributed by atoms with Crippen molar-refractivity contribution < 1.29 is 23.1 Å². The summed E-state index contributed by atoms with van der Waals surface area (Å²) in [6.07, 6.45) is 0.201. The molecule has 0 aromatic rings. The summed E-state index contributed by atoms with van der Waals surface area (Å²) in [4.78, 5) is 22.7. The molecule has 0 saturated carbocycles. The fourth-order valence-electron chi connectivity index (χ4n) is 1.97. The van der Waals surface area contributed by atoms with Crippen molar-refractivity contribution in [1.29, 1.82) is 0 Å². The smallest absolute Gasteiger partial charge is 0.309 e. The van der Waals surface area contributed by atoms with Crippen LogP contribution in [0.15, 0.2) is 0 Å². The van der Waals surface area contributed by atoms with E-state index in [9.17, 15) is 18.0 Å². The maximum absolute atomic E-state index is 11.8. The fraction of sp³-hybridized carbons (Fsp3) is 0.818.